The SMILES string of the molecule is CN1CC2CCC1CN2C(=O)c1n[nH]c2cc(-c3nccs3)ccc12. The fourth-order valence-electron chi connectivity index (χ4n) is 4.11. The maximum Gasteiger partial charge on any atom is 0.275 e. The van der Waals surface area contributed by atoms with Crippen LogP contribution in [-0.2, 0) is 0 Å². The lowest BCUT2D eigenvalue weighted by Gasteiger charge is -2.50. The van der Waals surface area contributed by atoms with Crippen LogP contribution in [0.2, 0.25) is 0 Å². The molecule has 0 radical (unpaired) electrons. The third-order valence-corrected chi connectivity index (χ3v) is 6.33. The van der Waals surface area contributed by atoms with Gasteiger partial charge in [0.25, 0.3) is 5.91 Å². The van der Waals surface area contributed by atoms with Crippen molar-refractivity contribution < 1.29 is 4.79 Å². The molecule has 2 aromatic heterocycles. The van der Waals surface area contributed by atoms with Gasteiger partial charge in [0.15, 0.2) is 5.69 Å². The predicted octanol–water partition coefficient (Wildman–Crippen LogP) is 2.61. The lowest BCUT2D eigenvalue weighted by atomic mass is 9.91. The molecule has 2 bridgehead atoms. The number of piperidine rings is 2. The van der Waals surface area contributed by atoms with Gasteiger partial charge in [-0.2, -0.15) is 5.10 Å². The van der Waals surface area contributed by atoms with Gasteiger partial charge in [-0.05, 0) is 32.0 Å². The van der Waals surface area contributed by atoms with E-state index in [-0.39, 0.29) is 5.91 Å². The molecule has 25 heavy (non-hydrogen) atoms. The van der Waals surface area contributed by atoms with E-state index in [2.05, 4.69) is 27.1 Å². The van der Waals surface area contributed by atoms with Crippen molar-refractivity contribution in [3.63, 3.8) is 0 Å². The van der Waals surface area contributed by atoms with Crippen LogP contribution < -0.4 is 0 Å². The summed E-state index contributed by atoms with van der Waals surface area (Å²) < 4.78 is 0. The Labute approximate surface area is 149 Å². The second-order valence-electron chi connectivity index (χ2n) is 6.95. The molecule has 1 aromatic carbocycles. The minimum Gasteiger partial charge on any atom is -0.331 e. The quantitative estimate of drug-likeness (QED) is 0.769. The fourth-order valence-corrected chi connectivity index (χ4v) is 4.74. The highest BCUT2D eigenvalue weighted by molar-refractivity contribution is 7.13. The van der Waals surface area contributed by atoms with Crippen molar-refractivity contribution in [2.24, 2.45) is 0 Å². The smallest absolute Gasteiger partial charge is 0.275 e. The maximum absolute atomic E-state index is 13.1. The normalized spacial score (nSPS) is 23.5. The molecule has 1 N–H and O–H groups in total. The van der Waals surface area contributed by atoms with Crippen LogP contribution in [0.5, 0.6) is 0 Å². The minimum atomic E-state index is 0.0519. The number of likely N-dealkylation sites (N-methyl/N-ethyl adjacent to an activating group) is 1. The summed E-state index contributed by atoms with van der Waals surface area (Å²) >= 11 is 1.60. The Kier molecular flexibility index (Phi) is 3.39. The van der Waals surface area contributed by atoms with Crippen molar-refractivity contribution in [3.05, 3.63) is 35.5 Å². The largest absolute Gasteiger partial charge is 0.331 e. The van der Waals surface area contributed by atoms with Crippen LogP contribution in [0.25, 0.3) is 21.5 Å². The molecule has 5 heterocycles. The number of hydrogen-bond donors (Lipinski definition) is 1. The van der Waals surface area contributed by atoms with Gasteiger partial charge < -0.3 is 4.90 Å². The molecule has 128 valence electrons. The number of hydrogen-bond acceptors (Lipinski definition) is 5. The standard InChI is InChI=1S/C18H19N5OS/c1-22-9-13-4-3-12(22)10-23(13)18(24)16-14-5-2-11(8-15(14)20-21-16)17-19-6-7-25-17/h2,5-8,12-13H,3-4,9-10H2,1H3,(H,20,21). The molecule has 3 aliphatic rings. The highest BCUT2D eigenvalue weighted by Gasteiger charge is 2.40. The summed E-state index contributed by atoms with van der Waals surface area (Å²) in [6.07, 6.45) is 4.08. The Morgan fingerprint density at radius 1 is 1.28 bits per heavy atom. The van der Waals surface area contributed by atoms with Crippen LogP contribution in [0, 0.1) is 0 Å². The topological polar surface area (TPSA) is 65.1 Å². The summed E-state index contributed by atoms with van der Waals surface area (Å²) in [5, 5.41) is 11.2. The fraction of sp³-hybridized carbons (Fsp3) is 0.389. The molecule has 0 aliphatic carbocycles. The number of nitrogens with zero attached hydrogens (tertiary/aromatic N) is 4. The molecule has 0 saturated carbocycles. The molecule has 3 aromatic rings. The number of fused-ring (bicyclic) bond motifs is 4. The van der Waals surface area contributed by atoms with Gasteiger partial charge in [0, 0.05) is 47.7 Å². The number of carbonyl (C=O) groups excluding carboxylic acids is 1. The number of benzene rings is 1. The van der Waals surface area contributed by atoms with Crippen molar-refractivity contribution >= 4 is 28.1 Å². The molecule has 2 unspecified atom stereocenters. The van der Waals surface area contributed by atoms with Gasteiger partial charge in [0.05, 0.1) is 5.52 Å². The molecule has 3 fully saturated rings. The summed E-state index contributed by atoms with van der Waals surface area (Å²) in [5.41, 5.74) is 2.47. The Bertz CT molecular complexity index is 934. The second-order valence-corrected chi connectivity index (χ2v) is 7.85. The number of rotatable bonds is 2. The van der Waals surface area contributed by atoms with Crippen LogP contribution in [0.15, 0.2) is 29.8 Å². The number of thiazole rings is 1. The van der Waals surface area contributed by atoms with E-state index in [9.17, 15) is 4.79 Å². The number of amides is 1. The van der Waals surface area contributed by atoms with E-state index in [0.717, 1.165) is 41.0 Å². The van der Waals surface area contributed by atoms with E-state index in [1.807, 2.05) is 28.5 Å². The minimum absolute atomic E-state index is 0.0519. The van der Waals surface area contributed by atoms with Crippen molar-refractivity contribution in [2.75, 3.05) is 20.1 Å². The molecule has 3 aliphatic heterocycles. The lowest BCUT2D eigenvalue weighted by Crippen LogP contribution is -2.62. The summed E-state index contributed by atoms with van der Waals surface area (Å²) in [5.74, 6) is 0.0519. The van der Waals surface area contributed by atoms with Gasteiger partial charge in [-0.3, -0.25) is 14.8 Å². The monoisotopic (exact) mass is 353 g/mol. The zero-order valence-electron chi connectivity index (χ0n) is 14.0. The Morgan fingerprint density at radius 2 is 2.16 bits per heavy atom. The summed E-state index contributed by atoms with van der Waals surface area (Å²) in [7, 11) is 2.16. The Balaban J connectivity index is 1.48. The van der Waals surface area contributed by atoms with Crippen LogP contribution in [0.1, 0.15) is 23.3 Å². The Hall–Kier alpha value is -2.25. The summed E-state index contributed by atoms with van der Waals surface area (Å²) in [6.45, 7) is 1.78. The van der Waals surface area contributed by atoms with E-state index < -0.39 is 0 Å². The molecule has 6 rings (SSSR count). The number of H-pyrrole nitrogens is 1. The van der Waals surface area contributed by atoms with Crippen molar-refractivity contribution in [1.82, 2.24) is 25.0 Å². The summed E-state index contributed by atoms with van der Waals surface area (Å²) in [6, 6.07) is 6.81. The lowest BCUT2D eigenvalue weighted by molar-refractivity contribution is -0.000328. The first kappa shape index (κ1) is 15.0. The molecular formula is C18H19N5OS. The molecule has 0 spiro atoms. The van der Waals surface area contributed by atoms with E-state index >= 15 is 0 Å². The van der Waals surface area contributed by atoms with Gasteiger partial charge in [0.1, 0.15) is 5.01 Å². The van der Waals surface area contributed by atoms with Gasteiger partial charge in [-0.15, -0.1) is 11.3 Å². The van der Waals surface area contributed by atoms with E-state index in [4.69, 9.17) is 0 Å². The highest BCUT2D eigenvalue weighted by Crippen LogP contribution is 2.31. The maximum atomic E-state index is 13.1. The Morgan fingerprint density at radius 3 is 2.88 bits per heavy atom. The molecule has 3 saturated heterocycles. The van der Waals surface area contributed by atoms with Gasteiger partial charge in [-0.1, -0.05) is 6.07 Å². The molecule has 6 nitrogen and oxygen atoms in total. The first-order valence-electron chi connectivity index (χ1n) is 8.60. The van der Waals surface area contributed by atoms with Gasteiger partial charge in [0.2, 0.25) is 0 Å². The average Bonchev–Trinajstić information content (AvgIpc) is 3.31. The number of aromatic nitrogens is 3. The van der Waals surface area contributed by atoms with Crippen molar-refractivity contribution in [2.45, 2.75) is 24.9 Å². The van der Waals surface area contributed by atoms with Crippen LogP contribution in [0.4, 0.5) is 0 Å². The van der Waals surface area contributed by atoms with E-state index in [1.165, 1.54) is 6.42 Å². The van der Waals surface area contributed by atoms with E-state index in [0.29, 0.717) is 17.8 Å². The first-order valence-corrected chi connectivity index (χ1v) is 9.48. The van der Waals surface area contributed by atoms with Crippen molar-refractivity contribution in [1.29, 1.82) is 0 Å². The zero-order valence-corrected chi connectivity index (χ0v) is 14.8. The number of aromatic amines is 1. The van der Waals surface area contributed by atoms with Crippen LogP contribution >= 0.6 is 11.3 Å². The van der Waals surface area contributed by atoms with Crippen LogP contribution in [0.3, 0.4) is 0 Å². The third kappa shape index (κ3) is 2.38. The predicted molar refractivity (Wildman–Crippen MR) is 97.7 cm³/mol. The highest BCUT2D eigenvalue weighted by atomic mass is 32.1. The third-order valence-electron chi connectivity index (χ3n) is 5.51. The summed E-state index contributed by atoms with van der Waals surface area (Å²) in [4.78, 5) is 21.8. The molecule has 2 atom stereocenters. The molecule has 1 amide bonds. The molecule has 7 heteroatoms. The first-order chi connectivity index (χ1) is 12.2. The van der Waals surface area contributed by atoms with E-state index in [1.54, 1.807) is 17.5 Å². The molecular weight excluding hydrogens is 334 g/mol. The number of carbonyl (C=O) groups is 1. The second kappa shape index (κ2) is 5.64. The average molecular weight is 353 g/mol. The van der Waals surface area contributed by atoms with Crippen molar-refractivity contribution in [3.8, 4) is 10.6 Å². The van der Waals surface area contributed by atoms with Gasteiger partial charge >= 0.3 is 0 Å². The number of piperazine rings is 1. The zero-order chi connectivity index (χ0) is 17.0. The number of nitrogens with one attached hydrogen (secondary N) is 1. The van der Waals surface area contributed by atoms with Crippen LogP contribution in [-0.4, -0.2) is 63.1 Å². The van der Waals surface area contributed by atoms with Gasteiger partial charge in [-0.25, -0.2) is 4.98 Å².